The second kappa shape index (κ2) is 8.44. The molecule has 2 aromatic rings. The summed E-state index contributed by atoms with van der Waals surface area (Å²) >= 11 is 0. The summed E-state index contributed by atoms with van der Waals surface area (Å²) in [6, 6.07) is 18.3. The van der Waals surface area contributed by atoms with Gasteiger partial charge in [-0.1, -0.05) is 37.3 Å². The van der Waals surface area contributed by atoms with E-state index < -0.39 is 0 Å². The first-order chi connectivity index (χ1) is 10.7. The van der Waals surface area contributed by atoms with Crippen LogP contribution in [0.5, 0.6) is 5.75 Å². The van der Waals surface area contributed by atoms with Gasteiger partial charge < -0.3 is 15.3 Å². The van der Waals surface area contributed by atoms with Crippen LogP contribution in [0.2, 0.25) is 0 Å². The molecule has 1 unspecified atom stereocenters. The van der Waals surface area contributed by atoms with E-state index in [-0.39, 0.29) is 0 Å². The van der Waals surface area contributed by atoms with Crippen molar-refractivity contribution in [3.05, 3.63) is 60.2 Å². The number of phenols is 1. The van der Waals surface area contributed by atoms with E-state index in [1.54, 1.807) is 12.1 Å². The van der Waals surface area contributed by atoms with Crippen LogP contribution in [-0.4, -0.2) is 25.2 Å². The van der Waals surface area contributed by atoms with Gasteiger partial charge in [0.1, 0.15) is 5.75 Å². The zero-order valence-electron chi connectivity index (χ0n) is 13.5. The fourth-order valence-electron chi connectivity index (χ4n) is 2.61. The van der Waals surface area contributed by atoms with Crippen LogP contribution in [0.4, 0.5) is 5.69 Å². The minimum Gasteiger partial charge on any atom is -0.508 e. The van der Waals surface area contributed by atoms with E-state index in [2.05, 4.69) is 48.5 Å². The van der Waals surface area contributed by atoms with Gasteiger partial charge in [-0.05, 0) is 49.2 Å². The van der Waals surface area contributed by atoms with Gasteiger partial charge in [-0.25, -0.2) is 0 Å². The molecule has 2 aromatic carbocycles. The Hall–Kier alpha value is -2.00. The maximum absolute atomic E-state index is 9.37. The molecule has 3 heteroatoms. The molecule has 2 rings (SSSR count). The Bertz CT molecular complexity index is 539. The molecule has 0 aliphatic rings. The molecule has 0 radical (unpaired) electrons. The van der Waals surface area contributed by atoms with Crippen molar-refractivity contribution in [3.63, 3.8) is 0 Å². The lowest BCUT2D eigenvalue weighted by molar-refractivity contribution is 0.473. The first-order valence-electron chi connectivity index (χ1n) is 7.99. The van der Waals surface area contributed by atoms with Crippen LogP contribution < -0.4 is 10.2 Å². The van der Waals surface area contributed by atoms with Gasteiger partial charge in [0.15, 0.2) is 0 Å². The molecule has 0 spiro atoms. The van der Waals surface area contributed by atoms with Crippen molar-refractivity contribution < 1.29 is 5.11 Å². The molecule has 0 saturated carbocycles. The average molecular weight is 298 g/mol. The van der Waals surface area contributed by atoms with E-state index >= 15 is 0 Å². The van der Waals surface area contributed by atoms with Crippen molar-refractivity contribution in [2.24, 2.45) is 0 Å². The fourth-order valence-corrected chi connectivity index (χ4v) is 2.61. The van der Waals surface area contributed by atoms with Crippen LogP contribution in [0.1, 0.15) is 31.4 Å². The van der Waals surface area contributed by atoms with E-state index in [1.807, 2.05) is 18.2 Å². The van der Waals surface area contributed by atoms with E-state index in [0.717, 1.165) is 25.9 Å². The van der Waals surface area contributed by atoms with Crippen LogP contribution in [0.3, 0.4) is 0 Å². The highest BCUT2D eigenvalue weighted by molar-refractivity contribution is 5.44. The minimum absolute atomic E-state index is 0.322. The van der Waals surface area contributed by atoms with Gasteiger partial charge in [-0.15, -0.1) is 0 Å². The highest BCUT2D eigenvalue weighted by atomic mass is 16.3. The molecule has 0 saturated heterocycles. The molecule has 118 valence electrons. The highest BCUT2D eigenvalue weighted by Crippen LogP contribution is 2.19. The van der Waals surface area contributed by atoms with Gasteiger partial charge in [0, 0.05) is 25.3 Å². The Balaban J connectivity index is 1.76. The van der Waals surface area contributed by atoms with Crippen LogP contribution in [0.25, 0.3) is 0 Å². The Morgan fingerprint density at radius 2 is 1.73 bits per heavy atom. The minimum atomic E-state index is 0.322. The molecule has 0 aromatic heterocycles. The lowest BCUT2D eigenvalue weighted by atomic mass is 10.0. The summed E-state index contributed by atoms with van der Waals surface area (Å²) in [5.41, 5.74) is 2.49. The summed E-state index contributed by atoms with van der Waals surface area (Å²) in [4.78, 5) is 2.28. The summed E-state index contributed by atoms with van der Waals surface area (Å²) < 4.78 is 0. The van der Waals surface area contributed by atoms with Crippen molar-refractivity contribution >= 4 is 5.69 Å². The number of nitrogens with zero attached hydrogens (tertiary/aromatic N) is 1. The maximum Gasteiger partial charge on any atom is 0.115 e. The zero-order chi connectivity index (χ0) is 15.8. The Morgan fingerprint density at radius 1 is 1.05 bits per heavy atom. The number of benzene rings is 2. The zero-order valence-corrected chi connectivity index (χ0v) is 13.5. The number of hydrogen-bond donors (Lipinski definition) is 2. The average Bonchev–Trinajstić information content (AvgIpc) is 2.56. The molecule has 22 heavy (non-hydrogen) atoms. The van der Waals surface area contributed by atoms with Gasteiger partial charge in [-0.2, -0.15) is 0 Å². The molecule has 0 fully saturated rings. The topological polar surface area (TPSA) is 35.5 Å². The molecule has 0 aliphatic heterocycles. The van der Waals surface area contributed by atoms with Gasteiger partial charge in [-0.3, -0.25) is 0 Å². The standard InChI is InChI=1S/C19H26N2O/c1-3-19(16-10-12-18(22)13-11-16)20-14-7-15-21(2)17-8-5-4-6-9-17/h4-6,8-13,19-20,22H,3,7,14-15H2,1-2H3. The first kappa shape index (κ1) is 16.4. The third kappa shape index (κ3) is 4.78. The van der Waals surface area contributed by atoms with E-state index in [9.17, 15) is 5.11 Å². The van der Waals surface area contributed by atoms with Crippen molar-refractivity contribution in [2.75, 3.05) is 25.0 Å². The molecule has 2 N–H and O–H groups in total. The summed E-state index contributed by atoms with van der Waals surface area (Å²) in [5.74, 6) is 0.322. The number of phenolic OH excluding ortho intramolecular Hbond substituents is 1. The second-order valence-corrected chi connectivity index (χ2v) is 5.62. The van der Waals surface area contributed by atoms with Crippen molar-refractivity contribution in [1.82, 2.24) is 5.32 Å². The van der Waals surface area contributed by atoms with E-state index in [4.69, 9.17) is 0 Å². The molecule has 0 heterocycles. The predicted molar refractivity (Wildman–Crippen MR) is 93.5 cm³/mol. The maximum atomic E-state index is 9.37. The molecular weight excluding hydrogens is 272 g/mol. The molecule has 3 nitrogen and oxygen atoms in total. The number of hydrogen-bond acceptors (Lipinski definition) is 3. The monoisotopic (exact) mass is 298 g/mol. The van der Waals surface area contributed by atoms with Gasteiger partial charge >= 0.3 is 0 Å². The first-order valence-corrected chi connectivity index (χ1v) is 7.99. The number of rotatable bonds is 8. The smallest absolute Gasteiger partial charge is 0.115 e. The van der Waals surface area contributed by atoms with Gasteiger partial charge in [0.2, 0.25) is 0 Å². The normalized spacial score (nSPS) is 12.1. The number of para-hydroxylation sites is 1. The lowest BCUT2D eigenvalue weighted by Gasteiger charge is -2.21. The Morgan fingerprint density at radius 3 is 2.36 bits per heavy atom. The van der Waals surface area contributed by atoms with Crippen LogP contribution >= 0.6 is 0 Å². The molecule has 1 atom stereocenters. The highest BCUT2D eigenvalue weighted by Gasteiger charge is 2.08. The third-order valence-corrected chi connectivity index (χ3v) is 3.96. The largest absolute Gasteiger partial charge is 0.508 e. The lowest BCUT2D eigenvalue weighted by Crippen LogP contribution is -2.26. The van der Waals surface area contributed by atoms with E-state index in [0.29, 0.717) is 11.8 Å². The second-order valence-electron chi connectivity index (χ2n) is 5.62. The Labute approximate surface area is 133 Å². The fraction of sp³-hybridized carbons (Fsp3) is 0.368. The molecule has 0 aliphatic carbocycles. The number of nitrogens with one attached hydrogen (secondary N) is 1. The van der Waals surface area contributed by atoms with Crippen LogP contribution in [-0.2, 0) is 0 Å². The van der Waals surface area contributed by atoms with Crippen molar-refractivity contribution in [3.8, 4) is 5.75 Å². The van der Waals surface area contributed by atoms with Crippen LogP contribution in [0.15, 0.2) is 54.6 Å². The SMILES string of the molecule is CCC(NCCCN(C)c1ccccc1)c1ccc(O)cc1. The van der Waals surface area contributed by atoms with Crippen molar-refractivity contribution in [1.29, 1.82) is 0 Å². The molecular formula is C19H26N2O. The summed E-state index contributed by atoms with van der Waals surface area (Å²) in [6.07, 6.45) is 2.14. The third-order valence-electron chi connectivity index (χ3n) is 3.96. The van der Waals surface area contributed by atoms with Crippen molar-refractivity contribution in [2.45, 2.75) is 25.8 Å². The van der Waals surface area contributed by atoms with Gasteiger partial charge in [0.05, 0.1) is 0 Å². The predicted octanol–water partition coefficient (Wildman–Crippen LogP) is 3.96. The molecule has 0 amide bonds. The Kier molecular flexibility index (Phi) is 6.28. The summed E-state index contributed by atoms with van der Waals surface area (Å²) in [6.45, 7) is 4.19. The van der Waals surface area contributed by atoms with Crippen LogP contribution in [0, 0.1) is 0 Å². The number of anilines is 1. The quantitative estimate of drug-likeness (QED) is 0.724. The molecule has 0 bridgehead atoms. The summed E-state index contributed by atoms with van der Waals surface area (Å²) in [5, 5.41) is 13.0. The summed E-state index contributed by atoms with van der Waals surface area (Å²) in [7, 11) is 2.13. The van der Waals surface area contributed by atoms with E-state index in [1.165, 1.54) is 11.3 Å². The van der Waals surface area contributed by atoms with Gasteiger partial charge in [0.25, 0.3) is 0 Å². The number of aromatic hydroxyl groups is 1.